The van der Waals surface area contributed by atoms with Gasteiger partial charge >= 0.3 is 6.11 Å². The molecule has 3 aromatic carbocycles. The normalized spacial score (nSPS) is 18.2. The summed E-state index contributed by atoms with van der Waals surface area (Å²) in [5.41, 5.74) is -0.972. The predicted octanol–water partition coefficient (Wildman–Crippen LogP) is 8.20. The van der Waals surface area contributed by atoms with Gasteiger partial charge in [0.05, 0.1) is 13.2 Å². The van der Waals surface area contributed by atoms with Crippen LogP contribution in [0.5, 0.6) is 5.75 Å². The summed E-state index contributed by atoms with van der Waals surface area (Å²) in [5, 5.41) is 0. The van der Waals surface area contributed by atoms with E-state index in [-0.39, 0.29) is 5.56 Å². The summed E-state index contributed by atoms with van der Waals surface area (Å²) in [6.07, 6.45) is -1.87. The molecule has 1 heterocycles. The quantitative estimate of drug-likeness (QED) is 0.278. The molecule has 198 valence electrons. The van der Waals surface area contributed by atoms with Crippen LogP contribution in [0.15, 0.2) is 48.5 Å². The van der Waals surface area contributed by atoms with Crippen molar-refractivity contribution < 1.29 is 40.6 Å². The third-order valence-corrected chi connectivity index (χ3v) is 6.28. The van der Waals surface area contributed by atoms with Crippen LogP contribution in [0.4, 0.5) is 26.3 Å². The highest BCUT2D eigenvalue weighted by Gasteiger charge is 2.41. The molecule has 4 rings (SSSR count). The van der Waals surface area contributed by atoms with Crippen LogP contribution >= 0.6 is 0 Å². The van der Waals surface area contributed by atoms with Crippen LogP contribution in [0.25, 0.3) is 11.1 Å². The summed E-state index contributed by atoms with van der Waals surface area (Å²) < 4.78 is 102. The monoisotopic (exact) mass is 524 g/mol. The average Bonchev–Trinajstić information content (AvgIpc) is 2.85. The van der Waals surface area contributed by atoms with E-state index in [2.05, 4.69) is 11.7 Å². The van der Waals surface area contributed by atoms with Crippen molar-refractivity contribution in [1.82, 2.24) is 0 Å². The zero-order chi connectivity index (χ0) is 26.7. The Morgan fingerprint density at radius 1 is 0.838 bits per heavy atom. The van der Waals surface area contributed by atoms with Crippen LogP contribution in [0.1, 0.15) is 49.2 Å². The molecule has 0 atom stereocenters. The van der Waals surface area contributed by atoms with Gasteiger partial charge in [0.2, 0.25) is 0 Å². The summed E-state index contributed by atoms with van der Waals surface area (Å²) in [4.78, 5) is 0. The Hall–Kier alpha value is -3.04. The second-order valence-corrected chi connectivity index (χ2v) is 9.07. The van der Waals surface area contributed by atoms with E-state index < -0.39 is 52.5 Å². The van der Waals surface area contributed by atoms with Crippen molar-refractivity contribution in [3.05, 3.63) is 88.5 Å². The molecule has 3 nitrogen and oxygen atoms in total. The lowest BCUT2D eigenvalue weighted by Gasteiger charge is -2.29. The number of benzene rings is 3. The standard InChI is InChI=1S/C28H26F6O3/c1-3-4-5-17-14-35-27(36-15-17)19-8-6-18(7-9-19)20-10-24(31)26(25(32)11-20)28(33,34)37-21-12-22(29)16(2)23(30)13-21/h6-13,17,27H,3-5,14-15H2,1-2H3. The molecule has 1 saturated heterocycles. The Balaban J connectivity index is 1.50. The van der Waals surface area contributed by atoms with Crippen LogP contribution in [0.2, 0.25) is 0 Å². The van der Waals surface area contributed by atoms with Crippen molar-refractivity contribution in [1.29, 1.82) is 0 Å². The molecule has 0 N–H and O–H groups in total. The third kappa shape index (κ3) is 6.10. The smallest absolute Gasteiger partial charge is 0.429 e. The molecule has 0 aliphatic carbocycles. The first-order valence-electron chi connectivity index (χ1n) is 11.9. The maximum absolute atomic E-state index is 14.7. The highest BCUT2D eigenvalue weighted by molar-refractivity contribution is 5.64. The van der Waals surface area contributed by atoms with Crippen LogP contribution in [0.3, 0.4) is 0 Å². The van der Waals surface area contributed by atoms with E-state index in [0.29, 0.717) is 42.4 Å². The summed E-state index contributed by atoms with van der Waals surface area (Å²) in [7, 11) is 0. The van der Waals surface area contributed by atoms with Crippen molar-refractivity contribution in [3.8, 4) is 16.9 Å². The number of ether oxygens (including phenoxy) is 3. The highest BCUT2D eigenvalue weighted by Crippen LogP contribution is 2.38. The predicted molar refractivity (Wildman–Crippen MR) is 125 cm³/mol. The molecule has 0 spiro atoms. The molecule has 37 heavy (non-hydrogen) atoms. The molecule has 0 unspecified atom stereocenters. The number of halogens is 6. The third-order valence-electron chi connectivity index (χ3n) is 6.28. The maximum Gasteiger partial charge on any atom is 0.432 e. The van der Waals surface area contributed by atoms with E-state index in [1.807, 2.05) is 0 Å². The Morgan fingerprint density at radius 3 is 1.95 bits per heavy atom. The van der Waals surface area contributed by atoms with Crippen molar-refractivity contribution in [2.24, 2.45) is 5.92 Å². The van der Waals surface area contributed by atoms with Crippen molar-refractivity contribution >= 4 is 0 Å². The van der Waals surface area contributed by atoms with E-state index in [1.165, 1.54) is 0 Å². The zero-order valence-electron chi connectivity index (χ0n) is 20.3. The summed E-state index contributed by atoms with van der Waals surface area (Å²) in [5.74, 6) is -5.99. The first kappa shape index (κ1) is 27.0. The number of alkyl halides is 2. The lowest BCUT2D eigenvalue weighted by molar-refractivity contribution is -0.206. The van der Waals surface area contributed by atoms with Crippen molar-refractivity contribution in [2.75, 3.05) is 13.2 Å². The number of rotatable bonds is 8. The molecule has 3 aromatic rings. The first-order valence-corrected chi connectivity index (χ1v) is 11.9. The molecule has 0 aromatic heterocycles. The molecule has 0 radical (unpaired) electrons. The number of hydrogen-bond acceptors (Lipinski definition) is 3. The largest absolute Gasteiger partial charge is 0.432 e. The van der Waals surface area contributed by atoms with Crippen LogP contribution in [0, 0.1) is 36.1 Å². The van der Waals surface area contributed by atoms with E-state index in [9.17, 15) is 26.3 Å². The topological polar surface area (TPSA) is 27.7 Å². The SMILES string of the molecule is CCCCC1COC(c2ccc(-c3cc(F)c(C(F)(F)Oc4cc(F)c(C)c(F)c4)c(F)c3)cc2)OC1. The van der Waals surface area contributed by atoms with Crippen molar-refractivity contribution in [3.63, 3.8) is 0 Å². The van der Waals surface area contributed by atoms with Gasteiger partial charge in [0.1, 0.15) is 34.6 Å². The second kappa shape index (κ2) is 11.1. The first-order chi connectivity index (χ1) is 17.6. The maximum atomic E-state index is 14.7. The van der Waals surface area contributed by atoms with Gasteiger partial charge in [0.15, 0.2) is 6.29 Å². The summed E-state index contributed by atoms with van der Waals surface area (Å²) in [6.45, 7) is 4.37. The van der Waals surface area contributed by atoms with Gasteiger partial charge in [0.25, 0.3) is 0 Å². The molecule has 1 aliphatic heterocycles. The minimum Gasteiger partial charge on any atom is -0.429 e. The van der Waals surface area contributed by atoms with E-state index >= 15 is 0 Å². The fraction of sp³-hybridized carbons (Fsp3) is 0.357. The second-order valence-electron chi connectivity index (χ2n) is 9.07. The van der Waals surface area contributed by atoms with Crippen molar-refractivity contribution in [2.45, 2.75) is 45.5 Å². The molecule has 9 heteroatoms. The molecular formula is C28H26F6O3. The molecule has 0 saturated carbocycles. The van der Waals surface area contributed by atoms with Crippen LogP contribution in [-0.4, -0.2) is 13.2 Å². The van der Waals surface area contributed by atoms with E-state index in [4.69, 9.17) is 9.47 Å². The highest BCUT2D eigenvalue weighted by atomic mass is 19.3. The minimum absolute atomic E-state index is 0.0126. The minimum atomic E-state index is -4.53. The Kier molecular flexibility index (Phi) is 8.14. The fourth-order valence-electron chi connectivity index (χ4n) is 4.13. The Morgan fingerprint density at radius 2 is 1.41 bits per heavy atom. The van der Waals surface area contributed by atoms with Crippen LogP contribution in [-0.2, 0) is 15.6 Å². The Labute approximate surface area is 211 Å². The van der Waals surface area contributed by atoms with Gasteiger partial charge in [-0.1, -0.05) is 44.0 Å². The van der Waals surface area contributed by atoms with E-state index in [0.717, 1.165) is 38.3 Å². The number of hydrogen-bond donors (Lipinski definition) is 0. The van der Waals surface area contributed by atoms with E-state index in [1.54, 1.807) is 24.3 Å². The van der Waals surface area contributed by atoms with Gasteiger partial charge in [-0.2, -0.15) is 8.78 Å². The lowest BCUT2D eigenvalue weighted by atomic mass is 10.0. The van der Waals surface area contributed by atoms with Gasteiger partial charge in [-0.15, -0.1) is 0 Å². The molecular weight excluding hydrogens is 498 g/mol. The van der Waals surface area contributed by atoms with Gasteiger partial charge in [0, 0.05) is 29.2 Å². The van der Waals surface area contributed by atoms with Gasteiger partial charge in [-0.05, 0) is 36.6 Å². The summed E-state index contributed by atoms with van der Waals surface area (Å²) in [6, 6.07) is 9.02. The fourth-order valence-corrected chi connectivity index (χ4v) is 4.13. The molecule has 0 amide bonds. The summed E-state index contributed by atoms with van der Waals surface area (Å²) >= 11 is 0. The average molecular weight is 525 g/mol. The van der Waals surface area contributed by atoms with Gasteiger partial charge in [-0.25, -0.2) is 17.6 Å². The number of unbranched alkanes of at least 4 members (excludes halogenated alkanes) is 1. The van der Waals surface area contributed by atoms with Crippen LogP contribution < -0.4 is 4.74 Å². The molecule has 1 aliphatic rings. The molecule has 0 bridgehead atoms. The lowest BCUT2D eigenvalue weighted by Crippen LogP contribution is -2.27. The molecule has 1 fully saturated rings. The zero-order valence-corrected chi connectivity index (χ0v) is 20.3. The van der Waals surface area contributed by atoms with Gasteiger partial charge < -0.3 is 14.2 Å². The Bertz CT molecular complexity index is 1190. The van der Waals surface area contributed by atoms with Gasteiger partial charge in [-0.3, -0.25) is 0 Å².